The minimum atomic E-state index is 0.0931. The van der Waals surface area contributed by atoms with E-state index >= 15 is 0 Å². The van der Waals surface area contributed by atoms with Crippen LogP contribution in [-0.2, 0) is 4.79 Å². The predicted molar refractivity (Wildman–Crippen MR) is 63.9 cm³/mol. The number of hydrogen-bond donors (Lipinski definition) is 1. The van der Waals surface area contributed by atoms with Crippen LogP contribution in [0.5, 0.6) is 0 Å². The van der Waals surface area contributed by atoms with E-state index in [1.807, 2.05) is 38.1 Å². The molecular weight excluding hydrogens is 186 g/mol. The molecule has 0 spiro atoms. The maximum Gasteiger partial charge on any atom is 0.227 e. The lowest BCUT2D eigenvalue weighted by molar-refractivity contribution is -0.119. The first-order valence-electron chi connectivity index (χ1n) is 5.51. The van der Waals surface area contributed by atoms with Crippen molar-refractivity contribution in [1.29, 1.82) is 0 Å². The van der Waals surface area contributed by atoms with E-state index in [0.29, 0.717) is 0 Å². The number of amides is 1. The molecule has 2 heteroatoms. The Kier molecular flexibility index (Phi) is 4.35. The van der Waals surface area contributed by atoms with E-state index in [4.69, 9.17) is 0 Å². The van der Waals surface area contributed by atoms with Gasteiger partial charge in [-0.15, -0.1) is 0 Å². The average Bonchev–Trinajstić information content (AvgIpc) is 2.18. The summed E-state index contributed by atoms with van der Waals surface area (Å²) in [7, 11) is 0. The Labute approximate surface area is 91.7 Å². The minimum absolute atomic E-state index is 0.0931. The zero-order chi connectivity index (χ0) is 11.3. The average molecular weight is 205 g/mol. The molecule has 1 aromatic carbocycles. The summed E-state index contributed by atoms with van der Waals surface area (Å²) in [5.41, 5.74) is 2.05. The first kappa shape index (κ1) is 11.8. The molecule has 1 rings (SSSR count). The molecule has 0 unspecified atom stereocenters. The normalized spacial score (nSPS) is 12.2. The van der Waals surface area contributed by atoms with Crippen molar-refractivity contribution in [3.05, 3.63) is 29.8 Å². The van der Waals surface area contributed by atoms with E-state index < -0.39 is 0 Å². The van der Waals surface area contributed by atoms with Crippen LogP contribution in [0.3, 0.4) is 0 Å². The summed E-state index contributed by atoms with van der Waals surface area (Å²) in [5.74, 6) is 0.206. The Hall–Kier alpha value is -1.31. The summed E-state index contributed by atoms with van der Waals surface area (Å²) in [6, 6.07) is 7.88. The fourth-order valence-electron chi connectivity index (χ4n) is 1.55. The van der Waals surface area contributed by atoms with E-state index in [9.17, 15) is 4.79 Å². The number of hydrogen-bond acceptors (Lipinski definition) is 1. The molecule has 0 aliphatic rings. The molecule has 0 saturated carbocycles. The van der Waals surface area contributed by atoms with Crippen LogP contribution in [-0.4, -0.2) is 5.91 Å². The molecule has 0 fully saturated rings. The van der Waals surface area contributed by atoms with Crippen LogP contribution < -0.4 is 5.32 Å². The highest BCUT2D eigenvalue weighted by atomic mass is 16.1. The summed E-state index contributed by atoms with van der Waals surface area (Å²) >= 11 is 0. The van der Waals surface area contributed by atoms with Gasteiger partial charge in [0.15, 0.2) is 0 Å². The van der Waals surface area contributed by atoms with Crippen molar-refractivity contribution in [3.8, 4) is 0 Å². The molecule has 0 saturated heterocycles. The number of carbonyl (C=O) groups excluding carboxylic acids is 1. The molecule has 1 amide bonds. The van der Waals surface area contributed by atoms with E-state index in [2.05, 4.69) is 12.2 Å². The van der Waals surface area contributed by atoms with E-state index in [1.165, 1.54) is 0 Å². The van der Waals surface area contributed by atoms with Crippen LogP contribution in [0.15, 0.2) is 24.3 Å². The molecule has 0 aliphatic heterocycles. The third-order valence-corrected chi connectivity index (χ3v) is 2.45. The Bertz CT molecular complexity index is 333. The first-order chi connectivity index (χ1) is 7.13. The van der Waals surface area contributed by atoms with Gasteiger partial charge in [-0.1, -0.05) is 32.4 Å². The quantitative estimate of drug-likeness (QED) is 0.802. The molecule has 2 nitrogen and oxygen atoms in total. The number of carbonyl (C=O) groups is 1. The van der Waals surface area contributed by atoms with Gasteiger partial charge in [0.05, 0.1) is 0 Å². The first-order valence-corrected chi connectivity index (χ1v) is 5.51. The van der Waals surface area contributed by atoms with E-state index in [-0.39, 0.29) is 11.8 Å². The van der Waals surface area contributed by atoms with Crippen LogP contribution in [0.4, 0.5) is 5.69 Å². The summed E-state index contributed by atoms with van der Waals surface area (Å²) < 4.78 is 0. The van der Waals surface area contributed by atoms with Gasteiger partial charge in [-0.3, -0.25) is 4.79 Å². The molecule has 15 heavy (non-hydrogen) atoms. The van der Waals surface area contributed by atoms with Crippen LogP contribution in [0, 0.1) is 12.8 Å². The smallest absolute Gasteiger partial charge is 0.227 e. The molecule has 0 bridgehead atoms. The Morgan fingerprint density at radius 2 is 2.20 bits per heavy atom. The second-order valence-electron chi connectivity index (χ2n) is 4.05. The van der Waals surface area contributed by atoms with Crippen LogP contribution in [0.1, 0.15) is 32.3 Å². The Balaban J connectivity index is 2.58. The van der Waals surface area contributed by atoms with Gasteiger partial charge in [0.2, 0.25) is 5.91 Å². The fraction of sp³-hybridized carbons (Fsp3) is 0.462. The van der Waals surface area contributed by atoms with Crippen LogP contribution >= 0.6 is 0 Å². The van der Waals surface area contributed by atoms with Crippen LogP contribution in [0.2, 0.25) is 0 Å². The zero-order valence-electron chi connectivity index (χ0n) is 9.71. The van der Waals surface area contributed by atoms with E-state index in [1.54, 1.807) is 0 Å². The van der Waals surface area contributed by atoms with Crippen molar-refractivity contribution in [1.82, 2.24) is 0 Å². The van der Waals surface area contributed by atoms with Gasteiger partial charge in [-0.25, -0.2) is 0 Å². The number of rotatable bonds is 4. The van der Waals surface area contributed by atoms with Gasteiger partial charge < -0.3 is 5.32 Å². The number of aryl methyl sites for hydroxylation is 1. The molecule has 1 aromatic rings. The summed E-state index contributed by atoms with van der Waals surface area (Å²) in [6.07, 6.45) is 1.99. The molecule has 0 heterocycles. The van der Waals surface area contributed by atoms with Gasteiger partial charge in [-0.2, -0.15) is 0 Å². The summed E-state index contributed by atoms with van der Waals surface area (Å²) in [6.45, 7) is 6.08. The predicted octanol–water partition coefficient (Wildman–Crippen LogP) is 3.37. The second-order valence-corrected chi connectivity index (χ2v) is 4.05. The van der Waals surface area contributed by atoms with E-state index in [0.717, 1.165) is 24.1 Å². The third kappa shape index (κ3) is 3.74. The number of benzene rings is 1. The Morgan fingerprint density at radius 3 is 2.80 bits per heavy atom. The maximum atomic E-state index is 11.7. The van der Waals surface area contributed by atoms with Crippen molar-refractivity contribution in [2.75, 3.05) is 5.32 Å². The number of nitrogens with one attached hydrogen (secondary N) is 1. The van der Waals surface area contributed by atoms with Crippen LogP contribution in [0.25, 0.3) is 0 Å². The fourth-order valence-corrected chi connectivity index (χ4v) is 1.55. The third-order valence-electron chi connectivity index (χ3n) is 2.45. The second kappa shape index (κ2) is 5.54. The van der Waals surface area contributed by atoms with Crippen molar-refractivity contribution >= 4 is 11.6 Å². The summed E-state index contributed by atoms with van der Waals surface area (Å²) in [4.78, 5) is 11.7. The van der Waals surface area contributed by atoms with Gasteiger partial charge in [0.25, 0.3) is 0 Å². The molecule has 1 N–H and O–H groups in total. The highest BCUT2D eigenvalue weighted by Crippen LogP contribution is 2.13. The molecule has 0 aliphatic carbocycles. The lowest BCUT2D eigenvalue weighted by Crippen LogP contribution is -2.20. The SMILES string of the molecule is CCC[C@@H](C)C(=O)Nc1cccc(C)c1. The standard InChI is InChI=1S/C13H19NO/c1-4-6-11(3)13(15)14-12-8-5-7-10(2)9-12/h5,7-9,11H,4,6H2,1-3H3,(H,14,15)/t11-/m1/s1. The maximum absolute atomic E-state index is 11.7. The highest BCUT2D eigenvalue weighted by Gasteiger charge is 2.11. The number of anilines is 1. The summed E-state index contributed by atoms with van der Waals surface area (Å²) in [5, 5.41) is 2.93. The van der Waals surface area contributed by atoms with Crippen molar-refractivity contribution in [2.24, 2.45) is 5.92 Å². The van der Waals surface area contributed by atoms with Gasteiger partial charge >= 0.3 is 0 Å². The highest BCUT2D eigenvalue weighted by molar-refractivity contribution is 5.92. The topological polar surface area (TPSA) is 29.1 Å². The van der Waals surface area contributed by atoms with Crippen molar-refractivity contribution in [3.63, 3.8) is 0 Å². The monoisotopic (exact) mass is 205 g/mol. The molecule has 82 valence electrons. The largest absolute Gasteiger partial charge is 0.326 e. The zero-order valence-corrected chi connectivity index (χ0v) is 9.71. The lowest BCUT2D eigenvalue weighted by atomic mass is 10.1. The molecule has 0 radical (unpaired) electrons. The van der Waals surface area contributed by atoms with Gasteiger partial charge in [0.1, 0.15) is 0 Å². The molecule has 0 aromatic heterocycles. The lowest BCUT2D eigenvalue weighted by Gasteiger charge is -2.11. The minimum Gasteiger partial charge on any atom is -0.326 e. The van der Waals surface area contributed by atoms with Gasteiger partial charge in [-0.05, 0) is 31.0 Å². The van der Waals surface area contributed by atoms with Crippen molar-refractivity contribution in [2.45, 2.75) is 33.6 Å². The Morgan fingerprint density at radius 1 is 1.47 bits per heavy atom. The molecular formula is C13H19NO. The molecule has 1 atom stereocenters. The van der Waals surface area contributed by atoms with Crippen molar-refractivity contribution < 1.29 is 4.79 Å². The van der Waals surface area contributed by atoms with Gasteiger partial charge in [0, 0.05) is 11.6 Å².